The van der Waals surface area contributed by atoms with Crippen LogP contribution in [0.2, 0.25) is 0 Å². The second kappa shape index (κ2) is 3.52. The monoisotopic (exact) mass is 192 g/mol. The smallest absolute Gasteiger partial charge is 0.149 e. The van der Waals surface area contributed by atoms with Crippen LogP contribution in [0.3, 0.4) is 0 Å². The predicted molar refractivity (Wildman–Crippen MR) is 58.1 cm³/mol. The van der Waals surface area contributed by atoms with Crippen LogP contribution < -0.4 is 0 Å². The number of carbonyl (C=O) groups excluding carboxylic acids is 1. The third-order valence-electron chi connectivity index (χ3n) is 3.81. The molecule has 1 heteroatoms. The number of carbonyl (C=O) groups is 1. The van der Waals surface area contributed by atoms with Crippen LogP contribution in [0.4, 0.5) is 0 Å². The van der Waals surface area contributed by atoms with E-state index in [9.17, 15) is 4.79 Å². The first-order valence-electron chi connectivity index (χ1n) is 5.93. The zero-order valence-corrected chi connectivity index (χ0v) is 9.31. The summed E-state index contributed by atoms with van der Waals surface area (Å²) in [4.78, 5) is 12.2. The Morgan fingerprint density at radius 1 is 1.50 bits per heavy atom. The van der Waals surface area contributed by atoms with Gasteiger partial charge in [-0.05, 0) is 32.6 Å². The third-order valence-corrected chi connectivity index (χ3v) is 3.81. The van der Waals surface area contributed by atoms with Crippen molar-refractivity contribution in [2.45, 2.75) is 52.4 Å². The maximum atomic E-state index is 12.2. The van der Waals surface area contributed by atoms with Crippen molar-refractivity contribution in [2.24, 2.45) is 11.3 Å². The quantitative estimate of drug-likeness (QED) is 0.612. The fourth-order valence-electron chi connectivity index (χ4n) is 3.10. The summed E-state index contributed by atoms with van der Waals surface area (Å²) in [7, 11) is 0. The van der Waals surface area contributed by atoms with Gasteiger partial charge in [-0.25, -0.2) is 0 Å². The molecule has 78 valence electrons. The summed E-state index contributed by atoms with van der Waals surface area (Å²) >= 11 is 0. The molecule has 1 nitrogen and oxygen atoms in total. The average Bonchev–Trinajstić information content (AvgIpc) is 2.41. The molecular weight excluding hydrogens is 172 g/mol. The molecule has 0 heterocycles. The van der Waals surface area contributed by atoms with Crippen LogP contribution in [-0.4, -0.2) is 5.78 Å². The minimum Gasteiger partial charge on any atom is -0.298 e. The van der Waals surface area contributed by atoms with Crippen molar-refractivity contribution >= 4 is 5.78 Å². The van der Waals surface area contributed by atoms with E-state index in [-0.39, 0.29) is 5.41 Å². The maximum absolute atomic E-state index is 12.2. The van der Waals surface area contributed by atoms with Gasteiger partial charge in [0, 0.05) is 11.3 Å². The standard InChI is InChI=1S/C13H20O/c1-3-8-13(2)9-10-6-4-5-7-11(10)12(13)14/h9,11H,3-8H2,1-2H3. The van der Waals surface area contributed by atoms with Gasteiger partial charge in [-0.1, -0.05) is 31.4 Å². The Balaban J connectivity index is 2.23. The highest BCUT2D eigenvalue weighted by atomic mass is 16.1. The summed E-state index contributed by atoms with van der Waals surface area (Å²) in [5, 5.41) is 0. The minimum absolute atomic E-state index is 0.112. The van der Waals surface area contributed by atoms with Gasteiger partial charge in [-0.3, -0.25) is 4.79 Å². The molecule has 0 amide bonds. The summed E-state index contributed by atoms with van der Waals surface area (Å²) in [6.45, 7) is 4.29. The van der Waals surface area contributed by atoms with Gasteiger partial charge >= 0.3 is 0 Å². The largest absolute Gasteiger partial charge is 0.298 e. The summed E-state index contributed by atoms with van der Waals surface area (Å²) < 4.78 is 0. The lowest BCUT2D eigenvalue weighted by Crippen LogP contribution is -2.27. The van der Waals surface area contributed by atoms with Crippen LogP contribution in [0, 0.1) is 11.3 Å². The van der Waals surface area contributed by atoms with Crippen LogP contribution in [0.15, 0.2) is 11.6 Å². The summed E-state index contributed by atoms with van der Waals surface area (Å²) in [5.41, 5.74) is 1.34. The molecule has 0 aromatic rings. The lowest BCUT2D eigenvalue weighted by molar-refractivity contribution is -0.127. The molecule has 0 N–H and O–H groups in total. The van der Waals surface area contributed by atoms with Crippen LogP contribution in [-0.2, 0) is 4.79 Å². The lowest BCUT2D eigenvalue weighted by atomic mass is 9.79. The van der Waals surface area contributed by atoms with Crippen molar-refractivity contribution in [1.82, 2.24) is 0 Å². The molecule has 0 bridgehead atoms. The number of hydrogen-bond donors (Lipinski definition) is 0. The van der Waals surface area contributed by atoms with E-state index in [4.69, 9.17) is 0 Å². The number of Topliss-reactive ketones (excluding diaryl/α,β-unsaturated/α-hetero) is 1. The number of fused-ring (bicyclic) bond motifs is 1. The SMILES string of the molecule is CCCC1(C)C=C2CCCCC2C1=O. The van der Waals surface area contributed by atoms with Crippen LogP contribution >= 0.6 is 0 Å². The van der Waals surface area contributed by atoms with Gasteiger partial charge in [-0.15, -0.1) is 0 Å². The predicted octanol–water partition coefficient (Wildman–Crippen LogP) is 3.49. The number of ketones is 1. The summed E-state index contributed by atoms with van der Waals surface area (Å²) in [5.74, 6) is 0.814. The average molecular weight is 192 g/mol. The summed E-state index contributed by atoms with van der Waals surface area (Å²) in [6, 6.07) is 0. The van der Waals surface area contributed by atoms with Crippen LogP contribution in [0.25, 0.3) is 0 Å². The first-order chi connectivity index (χ1) is 6.67. The Kier molecular flexibility index (Phi) is 2.50. The molecule has 0 aliphatic heterocycles. The van der Waals surface area contributed by atoms with Crippen molar-refractivity contribution in [1.29, 1.82) is 0 Å². The fraction of sp³-hybridized carbons (Fsp3) is 0.769. The van der Waals surface area contributed by atoms with Gasteiger partial charge < -0.3 is 0 Å². The van der Waals surface area contributed by atoms with E-state index in [0.29, 0.717) is 11.7 Å². The molecule has 2 atom stereocenters. The van der Waals surface area contributed by atoms with E-state index < -0.39 is 0 Å². The maximum Gasteiger partial charge on any atom is 0.149 e. The molecule has 14 heavy (non-hydrogen) atoms. The van der Waals surface area contributed by atoms with Gasteiger partial charge in [0.1, 0.15) is 5.78 Å². The van der Waals surface area contributed by atoms with Gasteiger partial charge in [0.25, 0.3) is 0 Å². The van der Waals surface area contributed by atoms with E-state index in [1.807, 2.05) is 0 Å². The first kappa shape index (κ1) is 9.95. The van der Waals surface area contributed by atoms with Crippen LogP contribution in [0.5, 0.6) is 0 Å². The Hall–Kier alpha value is -0.590. The molecule has 0 aromatic heterocycles. The highest BCUT2D eigenvalue weighted by Gasteiger charge is 2.43. The van der Waals surface area contributed by atoms with Gasteiger partial charge in [0.15, 0.2) is 0 Å². The minimum atomic E-state index is -0.112. The molecule has 0 spiro atoms. The number of hydrogen-bond acceptors (Lipinski definition) is 1. The molecule has 2 rings (SSSR count). The van der Waals surface area contributed by atoms with Crippen molar-refractivity contribution in [3.8, 4) is 0 Å². The van der Waals surface area contributed by atoms with E-state index in [2.05, 4.69) is 19.9 Å². The van der Waals surface area contributed by atoms with Crippen molar-refractivity contribution < 1.29 is 4.79 Å². The van der Waals surface area contributed by atoms with E-state index >= 15 is 0 Å². The highest BCUT2D eigenvalue weighted by Crippen LogP contribution is 2.45. The Bertz CT molecular complexity index is 277. The molecule has 0 aromatic carbocycles. The number of allylic oxidation sites excluding steroid dienone is 2. The molecule has 0 saturated heterocycles. The van der Waals surface area contributed by atoms with E-state index in [1.165, 1.54) is 24.8 Å². The van der Waals surface area contributed by atoms with Crippen LogP contribution in [0.1, 0.15) is 52.4 Å². The molecule has 0 radical (unpaired) electrons. The van der Waals surface area contributed by atoms with Crippen molar-refractivity contribution in [3.63, 3.8) is 0 Å². The Morgan fingerprint density at radius 3 is 2.93 bits per heavy atom. The Morgan fingerprint density at radius 2 is 2.29 bits per heavy atom. The normalized spacial score (nSPS) is 36.9. The van der Waals surface area contributed by atoms with Crippen molar-refractivity contribution in [3.05, 3.63) is 11.6 Å². The second-order valence-corrected chi connectivity index (χ2v) is 5.05. The summed E-state index contributed by atoms with van der Waals surface area (Å²) in [6.07, 6.45) is 9.26. The van der Waals surface area contributed by atoms with Gasteiger partial charge in [0.2, 0.25) is 0 Å². The topological polar surface area (TPSA) is 17.1 Å². The zero-order chi connectivity index (χ0) is 10.2. The number of rotatable bonds is 2. The van der Waals surface area contributed by atoms with E-state index in [1.54, 1.807) is 0 Å². The molecule has 1 saturated carbocycles. The fourth-order valence-corrected chi connectivity index (χ4v) is 3.10. The molecular formula is C13H20O. The van der Waals surface area contributed by atoms with Gasteiger partial charge in [-0.2, -0.15) is 0 Å². The second-order valence-electron chi connectivity index (χ2n) is 5.05. The first-order valence-corrected chi connectivity index (χ1v) is 5.93. The molecule has 1 fully saturated rings. The third kappa shape index (κ3) is 1.43. The molecule has 2 aliphatic carbocycles. The Labute approximate surface area is 86.6 Å². The van der Waals surface area contributed by atoms with Crippen molar-refractivity contribution in [2.75, 3.05) is 0 Å². The molecule has 2 aliphatic rings. The van der Waals surface area contributed by atoms with Gasteiger partial charge in [0.05, 0.1) is 0 Å². The molecule has 2 unspecified atom stereocenters. The van der Waals surface area contributed by atoms with E-state index in [0.717, 1.165) is 19.3 Å². The highest BCUT2D eigenvalue weighted by molar-refractivity contribution is 5.94. The zero-order valence-electron chi connectivity index (χ0n) is 9.31. The lowest BCUT2D eigenvalue weighted by Gasteiger charge is -2.23.